The van der Waals surface area contributed by atoms with E-state index in [1.807, 2.05) is 36.4 Å². The van der Waals surface area contributed by atoms with Crippen LogP contribution >= 0.6 is 22.6 Å². The topological polar surface area (TPSA) is 55.0 Å². The second-order valence-corrected chi connectivity index (χ2v) is 4.29. The summed E-state index contributed by atoms with van der Waals surface area (Å²) in [6.45, 7) is 3.69. The van der Waals surface area contributed by atoms with Crippen molar-refractivity contribution in [2.45, 2.75) is 19.4 Å². The fourth-order valence-electron chi connectivity index (χ4n) is 0.782. The van der Waals surface area contributed by atoms with E-state index in [0.717, 1.165) is 0 Å². The maximum Gasteiger partial charge on any atom is 0.264 e. The smallest absolute Gasteiger partial charge is 0.264 e. The minimum absolute atomic E-state index is 0.129. The summed E-state index contributed by atoms with van der Waals surface area (Å²) < 4.78 is 5.76. The van der Waals surface area contributed by atoms with Gasteiger partial charge in [0.05, 0.1) is 3.57 Å². The summed E-state index contributed by atoms with van der Waals surface area (Å²) in [5.74, 6) is 0.542. The lowest BCUT2D eigenvalue weighted by Crippen LogP contribution is -2.27. The first-order valence-corrected chi connectivity index (χ1v) is 4.85. The quantitative estimate of drug-likeness (QED) is 0.835. The van der Waals surface area contributed by atoms with Crippen molar-refractivity contribution in [3.05, 3.63) is 25.9 Å². The van der Waals surface area contributed by atoms with E-state index in [2.05, 4.69) is 9.97 Å². The molecule has 0 bridgehead atoms. The first-order valence-electron chi connectivity index (χ1n) is 3.78. The van der Waals surface area contributed by atoms with Gasteiger partial charge in [0.25, 0.3) is 5.56 Å². The summed E-state index contributed by atoms with van der Waals surface area (Å²) in [6, 6.07) is 0. The Morgan fingerprint density at radius 2 is 2.23 bits per heavy atom. The molecule has 0 atom stereocenters. The van der Waals surface area contributed by atoms with Crippen LogP contribution in [0.5, 0.6) is 0 Å². The number of hydrogen-bond acceptors (Lipinski definition) is 3. The minimum Gasteiger partial charge on any atom is -0.371 e. The maximum absolute atomic E-state index is 11.2. The second kappa shape index (κ2) is 3.75. The highest BCUT2D eigenvalue weighted by Gasteiger charge is 2.22. The van der Waals surface area contributed by atoms with Crippen molar-refractivity contribution in [1.82, 2.24) is 9.97 Å². The number of ether oxygens (including phenoxy) is 1. The second-order valence-electron chi connectivity index (χ2n) is 3.12. The zero-order chi connectivity index (χ0) is 10.1. The van der Waals surface area contributed by atoms with Gasteiger partial charge in [0, 0.05) is 13.3 Å². The van der Waals surface area contributed by atoms with Gasteiger partial charge in [0.2, 0.25) is 0 Å². The lowest BCUT2D eigenvalue weighted by molar-refractivity contribution is 0.0112. The maximum atomic E-state index is 11.2. The van der Waals surface area contributed by atoms with Crippen LogP contribution in [0.15, 0.2) is 11.0 Å². The minimum atomic E-state index is -0.552. The van der Waals surface area contributed by atoms with Crippen LogP contribution in [0.2, 0.25) is 0 Å². The molecule has 0 radical (unpaired) electrons. The van der Waals surface area contributed by atoms with Gasteiger partial charge in [-0.3, -0.25) is 4.79 Å². The highest BCUT2D eigenvalue weighted by Crippen LogP contribution is 2.18. The van der Waals surface area contributed by atoms with E-state index in [4.69, 9.17) is 4.74 Å². The van der Waals surface area contributed by atoms with E-state index in [-0.39, 0.29) is 5.56 Å². The van der Waals surface area contributed by atoms with Gasteiger partial charge in [-0.05, 0) is 36.4 Å². The molecular formula is C8H11IN2O2. The fourth-order valence-corrected chi connectivity index (χ4v) is 1.06. The van der Waals surface area contributed by atoms with Crippen LogP contribution in [0.25, 0.3) is 0 Å². The van der Waals surface area contributed by atoms with Crippen molar-refractivity contribution in [1.29, 1.82) is 0 Å². The van der Waals surface area contributed by atoms with Gasteiger partial charge in [-0.25, -0.2) is 4.98 Å². The molecule has 1 heterocycles. The van der Waals surface area contributed by atoms with Crippen LogP contribution in [0.3, 0.4) is 0 Å². The lowest BCUT2D eigenvalue weighted by atomic mass is 10.1. The van der Waals surface area contributed by atoms with E-state index in [9.17, 15) is 4.79 Å². The Hall–Kier alpha value is -0.430. The molecule has 0 saturated heterocycles. The largest absolute Gasteiger partial charge is 0.371 e. The molecule has 1 aromatic heterocycles. The number of aromatic amines is 1. The van der Waals surface area contributed by atoms with Crippen LogP contribution in [0.1, 0.15) is 19.7 Å². The Bertz CT molecular complexity index is 359. The molecule has 4 nitrogen and oxygen atoms in total. The molecule has 72 valence electrons. The van der Waals surface area contributed by atoms with Crippen LogP contribution < -0.4 is 5.56 Å². The van der Waals surface area contributed by atoms with Gasteiger partial charge in [-0.2, -0.15) is 0 Å². The summed E-state index contributed by atoms with van der Waals surface area (Å²) in [5.41, 5.74) is -0.681. The van der Waals surface area contributed by atoms with Crippen molar-refractivity contribution in [3.63, 3.8) is 0 Å². The van der Waals surface area contributed by atoms with Crippen molar-refractivity contribution >= 4 is 22.6 Å². The number of aromatic nitrogens is 2. The zero-order valence-electron chi connectivity index (χ0n) is 7.72. The Kier molecular flexibility index (Phi) is 3.07. The van der Waals surface area contributed by atoms with Crippen molar-refractivity contribution in [2.24, 2.45) is 0 Å². The number of nitrogens with one attached hydrogen (secondary N) is 1. The molecule has 0 aliphatic rings. The Morgan fingerprint density at radius 3 is 2.69 bits per heavy atom. The van der Waals surface area contributed by atoms with Gasteiger partial charge in [-0.1, -0.05) is 0 Å². The molecule has 1 aromatic rings. The highest BCUT2D eigenvalue weighted by molar-refractivity contribution is 14.1. The molecule has 1 N–H and O–H groups in total. The number of nitrogens with zero attached hydrogens (tertiary/aromatic N) is 1. The number of halogens is 1. The van der Waals surface area contributed by atoms with Gasteiger partial charge in [0.1, 0.15) is 11.4 Å². The predicted molar refractivity (Wildman–Crippen MR) is 57.6 cm³/mol. The summed E-state index contributed by atoms with van der Waals surface area (Å²) in [4.78, 5) is 18.0. The first-order chi connectivity index (χ1) is 5.97. The number of H-pyrrole nitrogens is 1. The van der Waals surface area contributed by atoms with Gasteiger partial charge < -0.3 is 9.72 Å². The van der Waals surface area contributed by atoms with Gasteiger partial charge in [-0.15, -0.1) is 0 Å². The average molecular weight is 294 g/mol. The SMILES string of the molecule is COC(C)(C)c1ncc(I)c(=O)[nH]1. The third-order valence-corrected chi connectivity index (χ3v) is 2.60. The molecule has 0 amide bonds. The monoisotopic (exact) mass is 294 g/mol. The normalized spacial score (nSPS) is 11.7. The molecule has 0 aliphatic carbocycles. The van der Waals surface area contributed by atoms with E-state index in [0.29, 0.717) is 9.39 Å². The third-order valence-electron chi connectivity index (χ3n) is 1.84. The van der Waals surface area contributed by atoms with Crippen molar-refractivity contribution in [2.75, 3.05) is 7.11 Å². The van der Waals surface area contributed by atoms with Gasteiger partial charge in [0.15, 0.2) is 0 Å². The zero-order valence-corrected chi connectivity index (χ0v) is 9.88. The Morgan fingerprint density at radius 1 is 1.62 bits per heavy atom. The molecule has 0 fully saturated rings. The third kappa shape index (κ3) is 2.28. The van der Waals surface area contributed by atoms with Crippen molar-refractivity contribution < 1.29 is 4.74 Å². The van der Waals surface area contributed by atoms with E-state index < -0.39 is 5.60 Å². The molecule has 13 heavy (non-hydrogen) atoms. The molecule has 0 aliphatic heterocycles. The molecule has 1 rings (SSSR count). The molecule has 0 spiro atoms. The summed E-state index contributed by atoms with van der Waals surface area (Å²) in [7, 11) is 1.58. The van der Waals surface area contributed by atoms with Crippen LogP contribution in [-0.2, 0) is 10.3 Å². The standard InChI is InChI=1S/C8H11IN2O2/c1-8(2,13-3)7-10-4-5(9)6(12)11-7/h4H,1-3H3,(H,10,11,12). The molecule has 0 saturated carbocycles. The van der Waals surface area contributed by atoms with E-state index >= 15 is 0 Å². The predicted octanol–water partition coefficient (Wildman–Crippen LogP) is 1.26. The molecule has 5 heteroatoms. The van der Waals surface area contributed by atoms with E-state index in [1.165, 1.54) is 6.20 Å². The lowest BCUT2D eigenvalue weighted by Gasteiger charge is -2.21. The Balaban J connectivity index is 3.18. The molecule has 0 aromatic carbocycles. The molecule has 0 unspecified atom stereocenters. The van der Waals surface area contributed by atoms with Crippen LogP contribution in [-0.4, -0.2) is 17.1 Å². The number of methoxy groups -OCH3 is 1. The van der Waals surface area contributed by atoms with E-state index in [1.54, 1.807) is 7.11 Å². The summed E-state index contributed by atoms with van der Waals surface area (Å²) in [6.07, 6.45) is 1.54. The van der Waals surface area contributed by atoms with Crippen molar-refractivity contribution in [3.8, 4) is 0 Å². The fraction of sp³-hybridized carbons (Fsp3) is 0.500. The first kappa shape index (κ1) is 10.6. The highest BCUT2D eigenvalue weighted by atomic mass is 127. The summed E-state index contributed by atoms with van der Waals surface area (Å²) in [5, 5.41) is 0. The van der Waals surface area contributed by atoms with Crippen LogP contribution in [0.4, 0.5) is 0 Å². The number of rotatable bonds is 2. The van der Waals surface area contributed by atoms with Crippen LogP contribution in [0, 0.1) is 3.57 Å². The summed E-state index contributed by atoms with van der Waals surface area (Å²) >= 11 is 1.93. The average Bonchev–Trinajstić information content (AvgIpc) is 2.09. The number of hydrogen-bond donors (Lipinski definition) is 1. The van der Waals surface area contributed by atoms with Gasteiger partial charge >= 0.3 is 0 Å². The molecular weight excluding hydrogens is 283 g/mol. The Labute approximate surface area is 89.9 Å².